The Balaban J connectivity index is 0.000000181. The molecule has 0 aliphatic heterocycles. The molecule has 0 saturated heterocycles. The van der Waals surface area contributed by atoms with Gasteiger partial charge in [0.25, 0.3) is 0 Å². The van der Waals surface area contributed by atoms with Crippen molar-refractivity contribution < 1.29 is 80.4 Å². The van der Waals surface area contributed by atoms with Crippen LogP contribution in [0.1, 0.15) is 187 Å². The van der Waals surface area contributed by atoms with E-state index in [9.17, 15) is 0 Å². The van der Waals surface area contributed by atoms with Gasteiger partial charge in [-0.15, -0.1) is 157 Å². The molecule has 742 valence electrons. The summed E-state index contributed by atoms with van der Waals surface area (Å²) in [5.41, 5.74) is 36.9. The van der Waals surface area contributed by atoms with Gasteiger partial charge in [-0.2, -0.15) is 20.4 Å². The van der Waals surface area contributed by atoms with Crippen LogP contribution in [0.25, 0.3) is 147 Å². The van der Waals surface area contributed by atoms with Crippen molar-refractivity contribution in [3.05, 3.63) is 430 Å². The Labute approximate surface area is 909 Å². The van der Waals surface area contributed by atoms with Crippen molar-refractivity contribution in [2.75, 3.05) is 0 Å². The Morgan fingerprint density at radius 3 is 1.04 bits per heavy atom. The molecule has 1 unspecified atom stereocenters. The monoisotopic (exact) mass is 2610 g/mol. The third-order valence-corrected chi connectivity index (χ3v) is 25.7. The Morgan fingerprint density at radius 2 is 0.611 bits per heavy atom. The SMILES string of the molecule is CC.Cc1cc(C)cc(-c2c[c-]c(-c3nnc(-c4c(C)cc(C)cc4C)n3-c3ccc(C(C)(C)C)cc3)cc2)c1.Cc1ccc(-c2nnc(-c3[c-]ccc(-c4ccccc4)c3)n2-c2ccc(C(C)(C)C)cc2)c(C)c1.Cc1cccc(C)c1-c1nnc(-c2[c-]cc(C(C)CC(C)C)cc2)n1-c1ccc(-c2ccccc2)cc1.Cc1ccccc1-c1nnc(-c2[c-]cccc2)n1-c1ccc(C(C)(C)C)cc1.[Ir].[Ir].[Ir].[Ir]. The van der Waals surface area contributed by atoms with E-state index in [0.717, 1.165) is 137 Å². The van der Waals surface area contributed by atoms with Gasteiger partial charge in [-0.3, -0.25) is 0 Å². The van der Waals surface area contributed by atoms with Gasteiger partial charge < -0.3 is 18.3 Å². The molecule has 4 radical (unpaired) electrons. The van der Waals surface area contributed by atoms with Crippen molar-refractivity contribution in [3.8, 4) is 147 Å². The van der Waals surface area contributed by atoms with E-state index in [1.165, 1.54) is 94.6 Å². The first-order valence-corrected chi connectivity index (χ1v) is 49.0. The standard InChI is InChI=1S/C35H36N3.C34H34N3.C32H30N3.C25H24N3.C2H6.4Ir/c1-22-17-23(2)21-29(20-22)27-9-11-28(12-10-27)33-36-37-34(32-25(4)18-24(3)19-26(32)5)38(33)31-15-13-30(14-16-31)35(6,7)8;1-23(2)22-26(5)27-14-16-30(17-15-27)33-35-36-34(32-24(3)10-9-11-25(32)4)37(33)31-20-18-29(19-21-31)28-12-7-6-8-13-28;1-22-14-19-29(23(2)20-22)31-34-33-30(35(31)28-17-15-27(16-18-28)32(3,4)5)26-13-9-12-25(21-26)24-10-7-6-8-11-24;1-18-10-8-9-13-22(18)24-27-26-23(19-11-6-5-7-12-19)28(24)21-16-14-20(15-17-21)25(2,3)4;1-2;;;;/h9-11,13-21H,1-8H3;6-16,18-21,23,26H,22H2,1-5H3;6-12,14-21H,1-5H3;5-11,13-17H,1-4H3;1-2H3;;;;/q4*-1;;;;;. The zero-order valence-corrected chi connectivity index (χ0v) is 96.8. The molecule has 0 saturated carbocycles. The molecule has 144 heavy (non-hydrogen) atoms. The normalized spacial score (nSPS) is 11.3. The van der Waals surface area contributed by atoms with Crippen molar-refractivity contribution in [2.24, 2.45) is 5.92 Å². The maximum atomic E-state index is 4.76. The molecule has 19 rings (SSSR count). The number of rotatable bonds is 18. The van der Waals surface area contributed by atoms with Gasteiger partial charge in [0, 0.05) is 125 Å². The second kappa shape index (κ2) is 49.4. The molecule has 4 heterocycles. The van der Waals surface area contributed by atoms with Gasteiger partial charge in [0.05, 0.1) is 23.3 Å². The minimum absolute atomic E-state index is 0. The van der Waals surface area contributed by atoms with Crippen molar-refractivity contribution in [1.82, 2.24) is 59.1 Å². The van der Waals surface area contributed by atoms with Crippen LogP contribution in [0.4, 0.5) is 0 Å². The smallest absolute Gasteiger partial charge is 0.159 e. The number of hydrogen-bond acceptors (Lipinski definition) is 8. The van der Waals surface area contributed by atoms with Crippen molar-refractivity contribution in [1.29, 1.82) is 0 Å². The third-order valence-electron chi connectivity index (χ3n) is 25.7. The molecule has 16 heteroatoms. The van der Waals surface area contributed by atoms with E-state index in [2.05, 4.69) is 478 Å². The maximum absolute atomic E-state index is 4.76. The van der Waals surface area contributed by atoms with Crippen molar-refractivity contribution in [2.45, 2.75) is 195 Å². The van der Waals surface area contributed by atoms with Crippen molar-refractivity contribution in [3.63, 3.8) is 0 Å². The van der Waals surface area contributed by atoms with E-state index in [1.807, 2.05) is 68.4 Å². The molecule has 0 aliphatic carbocycles. The van der Waals surface area contributed by atoms with E-state index in [1.54, 1.807) is 0 Å². The van der Waals surface area contributed by atoms with Crippen LogP contribution in [0.3, 0.4) is 0 Å². The molecule has 1 atom stereocenters. The molecule has 19 aromatic rings. The van der Waals surface area contributed by atoms with Crippen LogP contribution in [-0.2, 0) is 96.7 Å². The van der Waals surface area contributed by atoms with Crippen LogP contribution in [0.15, 0.2) is 328 Å². The molecule has 15 aromatic carbocycles. The summed E-state index contributed by atoms with van der Waals surface area (Å²) in [5.74, 6) is 7.70. The topological polar surface area (TPSA) is 123 Å². The summed E-state index contributed by atoms with van der Waals surface area (Å²) >= 11 is 0. The number of nitrogens with zero attached hydrogens (tertiary/aromatic N) is 12. The molecule has 0 aliphatic rings. The van der Waals surface area contributed by atoms with Crippen LogP contribution < -0.4 is 0 Å². The number of aromatic nitrogens is 12. The van der Waals surface area contributed by atoms with Crippen molar-refractivity contribution >= 4 is 0 Å². The molecule has 0 fully saturated rings. The van der Waals surface area contributed by atoms with Crippen LogP contribution >= 0.6 is 0 Å². The minimum atomic E-state index is 0. The summed E-state index contributed by atoms with van der Waals surface area (Å²) < 4.78 is 8.64. The molecule has 0 N–H and O–H groups in total. The van der Waals surface area contributed by atoms with E-state index in [-0.39, 0.29) is 96.7 Å². The van der Waals surface area contributed by atoms with Gasteiger partial charge >= 0.3 is 0 Å². The predicted octanol–water partition coefficient (Wildman–Crippen LogP) is 32.7. The molecular formula is C128H130Ir4N12-4. The first-order valence-electron chi connectivity index (χ1n) is 49.0. The Morgan fingerprint density at radius 1 is 0.250 bits per heavy atom. The van der Waals surface area contributed by atoms with Gasteiger partial charge in [-0.25, -0.2) is 0 Å². The molecule has 12 nitrogen and oxygen atoms in total. The van der Waals surface area contributed by atoms with Gasteiger partial charge in [-0.05, 0) is 207 Å². The summed E-state index contributed by atoms with van der Waals surface area (Å²) in [4.78, 5) is 0. The zero-order chi connectivity index (χ0) is 99.4. The summed E-state index contributed by atoms with van der Waals surface area (Å²) in [6.45, 7) is 52.3. The quantitative estimate of drug-likeness (QED) is 0.0779. The Hall–Kier alpha value is -12.5. The summed E-state index contributed by atoms with van der Waals surface area (Å²) in [6, 6.07) is 129. The maximum Gasteiger partial charge on any atom is 0.159 e. The largest absolute Gasteiger partial charge is 0.316 e. The van der Waals surface area contributed by atoms with E-state index in [4.69, 9.17) is 30.6 Å². The number of hydrogen-bond donors (Lipinski definition) is 0. The Bertz CT molecular complexity index is 7380. The average molecular weight is 2610 g/mol. The average Bonchev–Trinajstić information content (AvgIpc) is 1.62. The van der Waals surface area contributed by atoms with Gasteiger partial charge in [0.2, 0.25) is 0 Å². The third kappa shape index (κ3) is 26.2. The van der Waals surface area contributed by atoms with E-state index in [0.29, 0.717) is 11.8 Å². The number of benzene rings is 15. The second-order valence-corrected chi connectivity index (χ2v) is 40.3. The van der Waals surface area contributed by atoms with Crippen LogP contribution in [0, 0.1) is 99.4 Å². The van der Waals surface area contributed by atoms with E-state index >= 15 is 0 Å². The van der Waals surface area contributed by atoms with Gasteiger partial charge in [-0.1, -0.05) is 343 Å². The summed E-state index contributed by atoms with van der Waals surface area (Å²) in [6.07, 6.45) is 1.16. The number of aryl methyl sites for hydroxylation is 10. The van der Waals surface area contributed by atoms with Crippen LogP contribution in [0.2, 0.25) is 0 Å². The fourth-order valence-corrected chi connectivity index (χ4v) is 18.4. The van der Waals surface area contributed by atoms with Crippen LogP contribution in [0.5, 0.6) is 0 Å². The summed E-state index contributed by atoms with van der Waals surface area (Å²) in [7, 11) is 0. The zero-order valence-electron chi connectivity index (χ0n) is 87.2. The van der Waals surface area contributed by atoms with Gasteiger partial charge in [0.1, 0.15) is 0 Å². The first kappa shape index (κ1) is 112. The molecule has 4 aromatic heterocycles. The van der Waals surface area contributed by atoms with E-state index < -0.39 is 0 Å². The molecule has 0 bridgehead atoms. The second-order valence-electron chi connectivity index (χ2n) is 40.3. The molecular weight excluding hydrogens is 2470 g/mol. The first-order chi connectivity index (χ1) is 67.2. The Kier molecular flexibility index (Phi) is 38.3. The fraction of sp³-hybridized carbons (Fsp3) is 0.234. The molecule has 0 amide bonds. The molecule has 0 spiro atoms. The van der Waals surface area contributed by atoms with Gasteiger partial charge in [0.15, 0.2) is 23.3 Å². The summed E-state index contributed by atoms with van der Waals surface area (Å²) in [5, 5.41) is 37.4. The predicted molar refractivity (Wildman–Crippen MR) is 583 cm³/mol. The van der Waals surface area contributed by atoms with Crippen LogP contribution in [-0.4, -0.2) is 59.1 Å². The fourth-order valence-electron chi connectivity index (χ4n) is 18.4. The minimum Gasteiger partial charge on any atom is -0.316 e.